The Morgan fingerprint density at radius 1 is 1.56 bits per heavy atom. The van der Waals surface area contributed by atoms with Crippen molar-refractivity contribution in [2.75, 3.05) is 6.61 Å². The third kappa shape index (κ3) is 2.27. The van der Waals surface area contributed by atoms with Gasteiger partial charge in [0.05, 0.1) is 6.61 Å². The van der Waals surface area contributed by atoms with E-state index in [1.54, 1.807) is 0 Å². The van der Waals surface area contributed by atoms with Gasteiger partial charge < -0.3 is 10.5 Å². The van der Waals surface area contributed by atoms with Crippen LogP contribution < -0.4 is 5.73 Å². The normalized spacial score (nSPS) is 36.6. The first-order chi connectivity index (χ1) is 4.33. The van der Waals surface area contributed by atoms with Gasteiger partial charge in [-0.25, -0.2) is 0 Å². The fourth-order valence-corrected chi connectivity index (χ4v) is 1.78. The topological polar surface area (TPSA) is 52.3 Å². The van der Waals surface area contributed by atoms with E-state index < -0.39 is 21.2 Å². The summed E-state index contributed by atoms with van der Waals surface area (Å²) in [5, 5.41) is 0. The minimum absolute atomic E-state index is 0.0450. The highest BCUT2D eigenvalue weighted by Crippen LogP contribution is 2.20. The lowest BCUT2D eigenvalue weighted by molar-refractivity contribution is 0.0688. The van der Waals surface area contributed by atoms with Gasteiger partial charge in [0.25, 0.3) is 0 Å². The summed E-state index contributed by atoms with van der Waals surface area (Å²) >= 11 is -0.961. The fraction of sp³-hybridized carbons (Fsp3) is 1.00. The lowest BCUT2D eigenvalue weighted by atomic mass is 10.1. The molecule has 1 aliphatic heterocycles. The summed E-state index contributed by atoms with van der Waals surface area (Å²) in [5.74, 6) is 0. The largest absolute Gasteiger partial charge is 0.363 e. The van der Waals surface area contributed by atoms with Crippen LogP contribution in [0, 0.1) is 0 Å². The number of hydrogen-bond acceptors (Lipinski definition) is 3. The Hall–Kier alpha value is 0.450. The Balaban J connectivity index is 2.26. The van der Waals surface area contributed by atoms with Gasteiger partial charge in [-0.05, 0) is 12.8 Å². The monoisotopic (exact) mass is 243 g/mol. The van der Waals surface area contributed by atoms with Gasteiger partial charge in [-0.1, -0.05) is 0 Å². The lowest BCUT2D eigenvalue weighted by Gasteiger charge is -2.21. The number of rotatable bonds is 1. The Morgan fingerprint density at radius 3 is 2.78 bits per heavy atom. The molecule has 4 heteroatoms. The molecular weight excluding hydrogens is 233 g/mol. The molecule has 1 fully saturated rings. The van der Waals surface area contributed by atoms with Gasteiger partial charge in [-0.3, -0.25) is 3.07 Å². The molecule has 0 aliphatic carbocycles. The van der Waals surface area contributed by atoms with Crippen LogP contribution in [0.15, 0.2) is 0 Å². The van der Waals surface area contributed by atoms with Crippen LogP contribution in [0.5, 0.6) is 0 Å². The van der Waals surface area contributed by atoms with Crippen molar-refractivity contribution < 1.29 is 7.81 Å². The van der Waals surface area contributed by atoms with Crippen LogP contribution in [0.25, 0.3) is 0 Å². The van der Waals surface area contributed by atoms with Crippen LogP contribution in [0.1, 0.15) is 12.8 Å². The Kier molecular flexibility index (Phi) is 3.00. The van der Waals surface area contributed by atoms with E-state index in [4.69, 9.17) is 10.5 Å². The summed E-state index contributed by atoms with van der Waals surface area (Å²) < 4.78 is 15.5. The summed E-state index contributed by atoms with van der Waals surface area (Å²) in [7, 11) is 0. The third-order valence-electron chi connectivity index (χ3n) is 1.35. The highest BCUT2D eigenvalue weighted by Gasteiger charge is 2.18. The van der Waals surface area contributed by atoms with Gasteiger partial charge in [0, 0.05) is 6.04 Å². The molecule has 0 aromatic heterocycles. The maximum atomic E-state index is 10.3. The van der Waals surface area contributed by atoms with E-state index in [0.29, 0.717) is 6.61 Å². The maximum Gasteiger partial charge on any atom is 0.176 e. The van der Waals surface area contributed by atoms with Crippen LogP contribution in [-0.2, 0) is 7.81 Å². The highest BCUT2D eigenvalue weighted by atomic mass is 127. The SMILES string of the molecule is N[C@@H]1CC[C@@H](I=O)OC1. The average molecular weight is 243 g/mol. The quantitative estimate of drug-likeness (QED) is 0.546. The number of ether oxygens (including phenoxy) is 1. The second-order valence-corrected chi connectivity index (χ2v) is 4.07. The van der Waals surface area contributed by atoms with Crippen LogP contribution in [0.3, 0.4) is 0 Å². The molecular formula is C5H10INO2. The average Bonchev–Trinajstić information content (AvgIpc) is 1.90. The molecule has 0 aromatic carbocycles. The maximum absolute atomic E-state index is 10.3. The lowest BCUT2D eigenvalue weighted by Crippen LogP contribution is -2.33. The fourth-order valence-electron chi connectivity index (χ4n) is 0.810. The molecule has 0 spiro atoms. The smallest absolute Gasteiger partial charge is 0.176 e. The van der Waals surface area contributed by atoms with Gasteiger partial charge in [0.2, 0.25) is 0 Å². The molecule has 0 bridgehead atoms. The molecule has 0 aromatic rings. The van der Waals surface area contributed by atoms with Gasteiger partial charge in [-0.2, -0.15) is 0 Å². The van der Waals surface area contributed by atoms with Crippen molar-refractivity contribution in [3.05, 3.63) is 0 Å². The van der Waals surface area contributed by atoms with Crippen molar-refractivity contribution in [3.63, 3.8) is 0 Å². The molecule has 0 amide bonds. The van der Waals surface area contributed by atoms with Crippen molar-refractivity contribution >= 4 is 21.2 Å². The molecule has 1 saturated heterocycles. The van der Waals surface area contributed by atoms with E-state index in [1.165, 1.54) is 0 Å². The Morgan fingerprint density at radius 2 is 2.33 bits per heavy atom. The minimum Gasteiger partial charge on any atom is -0.363 e. The number of alkyl halides is 1. The van der Waals surface area contributed by atoms with E-state index in [1.807, 2.05) is 0 Å². The van der Waals surface area contributed by atoms with Gasteiger partial charge in [-0.15, -0.1) is 0 Å². The first kappa shape index (κ1) is 7.56. The van der Waals surface area contributed by atoms with Gasteiger partial charge in [0.1, 0.15) is 4.11 Å². The van der Waals surface area contributed by atoms with Crippen LogP contribution >= 0.6 is 21.2 Å². The Labute approximate surface area is 64.6 Å². The molecule has 2 N–H and O–H groups in total. The van der Waals surface area contributed by atoms with Gasteiger partial charge >= 0.3 is 0 Å². The predicted octanol–water partition coefficient (Wildman–Crippen LogP) is 0.766. The zero-order chi connectivity index (χ0) is 6.69. The van der Waals surface area contributed by atoms with Crippen molar-refractivity contribution in [3.8, 4) is 0 Å². The summed E-state index contributed by atoms with van der Waals surface area (Å²) in [6, 6.07) is 0.178. The van der Waals surface area contributed by atoms with Gasteiger partial charge in [0.15, 0.2) is 21.2 Å². The van der Waals surface area contributed by atoms with E-state index in [-0.39, 0.29) is 10.2 Å². The standard InChI is InChI=1S/C5H10INO2/c7-4-1-2-5(6-8)9-3-4/h4-5H,1-3,7H2/t4-,5+/m1/s1. The van der Waals surface area contributed by atoms with E-state index in [2.05, 4.69) is 0 Å². The first-order valence-electron chi connectivity index (χ1n) is 2.95. The molecule has 0 unspecified atom stereocenters. The molecule has 0 radical (unpaired) electrons. The second-order valence-electron chi connectivity index (χ2n) is 2.17. The van der Waals surface area contributed by atoms with Crippen LogP contribution in [-0.4, -0.2) is 16.8 Å². The zero-order valence-corrected chi connectivity index (χ0v) is 7.21. The van der Waals surface area contributed by atoms with E-state index >= 15 is 0 Å². The van der Waals surface area contributed by atoms with Crippen molar-refractivity contribution in [1.29, 1.82) is 0 Å². The summed E-state index contributed by atoms with van der Waals surface area (Å²) in [5.41, 5.74) is 5.54. The van der Waals surface area contributed by atoms with Crippen molar-refractivity contribution in [2.24, 2.45) is 5.73 Å². The van der Waals surface area contributed by atoms with Crippen molar-refractivity contribution in [1.82, 2.24) is 0 Å². The predicted molar refractivity (Wildman–Crippen MR) is 41.7 cm³/mol. The molecule has 9 heavy (non-hydrogen) atoms. The second kappa shape index (κ2) is 3.58. The molecule has 54 valence electrons. The van der Waals surface area contributed by atoms with Crippen LogP contribution in [0.4, 0.5) is 0 Å². The van der Waals surface area contributed by atoms with E-state index in [0.717, 1.165) is 12.8 Å². The van der Waals surface area contributed by atoms with E-state index in [9.17, 15) is 3.07 Å². The third-order valence-corrected chi connectivity index (χ3v) is 2.90. The number of halogens is 1. The molecule has 1 heterocycles. The summed E-state index contributed by atoms with van der Waals surface area (Å²) in [4.78, 5) is 0. The Bertz CT molecular complexity index is 101. The van der Waals surface area contributed by atoms with Crippen molar-refractivity contribution in [2.45, 2.75) is 23.0 Å². The number of nitrogens with two attached hydrogens (primary N) is 1. The zero-order valence-electron chi connectivity index (χ0n) is 5.05. The minimum atomic E-state index is -0.961. The molecule has 3 nitrogen and oxygen atoms in total. The molecule has 2 atom stereocenters. The first-order valence-corrected chi connectivity index (χ1v) is 5.08. The number of hydrogen-bond donors (Lipinski definition) is 1. The molecule has 1 aliphatic rings. The summed E-state index contributed by atoms with van der Waals surface area (Å²) in [6.07, 6.45) is 1.85. The summed E-state index contributed by atoms with van der Waals surface area (Å²) in [6.45, 7) is 0.590. The molecule has 0 saturated carbocycles. The highest BCUT2D eigenvalue weighted by molar-refractivity contribution is 14.1. The molecule has 1 rings (SSSR count). The van der Waals surface area contributed by atoms with Crippen LogP contribution in [0.2, 0.25) is 0 Å².